The van der Waals surface area contributed by atoms with Gasteiger partial charge in [-0.1, -0.05) is 18.2 Å². The number of aromatic nitrogens is 1. The van der Waals surface area contributed by atoms with Crippen LogP contribution in [0.2, 0.25) is 0 Å². The summed E-state index contributed by atoms with van der Waals surface area (Å²) < 4.78 is 23.0. The number of para-hydroxylation sites is 1. The number of rotatable bonds is 4. The fraction of sp³-hybridized carbons (Fsp3) is 0.412. The zero-order valence-electron chi connectivity index (χ0n) is 13.6. The van der Waals surface area contributed by atoms with Crippen LogP contribution in [0, 0.1) is 5.92 Å². The standard InChI is InChI=1S/C17H19N3O3S2/c21-16(7-11-5-6-25(22,23)10-11)19-20-17-12-3-1-2-4-14(12)18-15-9-24-8-13(15)17/h1-4,11H,5-10H2,(H,18,20)(H,19,21). The number of hydrogen-bond donors (Lipinski definition) is 2. The van der Waals surface area contributed by atoms with E-state index in [0.717, 1.165) is 39.4 Å². The van der Waals surface area contributed by atoms with Crippen LogP contribution in [0.15, 0.2) is 24.3 Å². The zero-order valence-corrected chi connectivity index (χ0v) is 15.3. The van der Waals surface area contributed by atoms with E-state index in [1.165, 1.54) is 0 Å². The molecule has 1 aromatic carbocycles. The number of nitrogens with one attached hydrogen (secondary N) is 2. The van der Waals surface area contributed by atoms with E-state index in [-0.39, 0.29) is 29.8 Å². The Morgan fingerprint density at radius 3 is 2.92 bits per heavy atom. The number of anilines is 1. The molecule has 1 amide bonds. The van der Waals surface area contributed by atoms with Gasteiger partial charge in [0.05, 0.1) is 28.4 Å². The van der Waals surface area contributed by atoms with E-state index in [0.29, 0.717) is 6.42 Å². The van der Waals surface area contributed by atoms with E-state index in [1.54, 1.807) is 11.8 Å². The van der Waals surface area contributed by atoms with Crippen LogP contribution in [0.25, 0.3) is 10.9 Å². The lowest BCUT2D eigenvalue weighted by Gasteiger charge is -2.16. The minimum atomic E-state index is -2.96. The Kier molecular flexibility index (Phi) is 4.33. The van der Waals surface area contributed by atoms with Gasteiger partial charge in [0.15, 0.2) is 9.84 Å². The highest BCUT2D eigenvalue weighted by atomic mass is 32.2. The fourth-order valence-corrected chi connectivity index (χ4v) is 6.36. The van der Waals surface area contributed by atoms with Crippen LogP contribution in [0.5, 0.6) is 0 Å². The minimum Gasteiger partial charge on any atom is -0.298 e. The van der Waals surface area contributed by atoms with Gasteiger partial charge in [-0.05, 0) is 18.4 Å². The highest BCUT2D eigenvalue weighted by Gasteiger charge is 2.29. The van der Waals surface area contributed by atoms with Crippen LogP contribution in [-0.2, 0) is 26.1 Å². The summed E-state index contributed by atoms with van der Waals surface area (Å²) >= 11 is 1.81. The Morgan fingerprint density at radius 1 is 1.28 bits per heavy atom. The van der Waals surface area contributed by atoms with Gasteiger partial charge in [-0.25, -0.2) is 8.42 Å². The van der Waals surface area contributed by atoms with Crippen molar-refractivity contribution in [2.45, 2.75) is 24.3 Å². The maximum Gasteiger partial charge on any atom is 0.238 e. The summed E-state index contributed by atoms with van der Waals surface area (Å²) in [5, 5.41) is 0.979. The van der Waals surface area contributed by atoms with Gasteiger partial charge in [-0.2, -0.15) is 11.8 Å². The number of hydrazine groups is 1. The van der Waals surface area contributed by atoms with Crippen molar-refractivity contribution in [1.82, 2.24) is 10.4 Å². The van der Waals surface area contributed by atoms with Crippen molar-refractivity contribution in [3.63, 3.8) is 0 Å². The average Bonchev–Trinajstić information content (AvgIpc) is 3.17. The lowest BCUT2D eigenvalue weighted by molar-refractivity contribution is -0.121. The molecule has 1 saturated heterocycles. The van der Waals surface area contributed by atoms with E-state index in [4.69, 9.17) is 4.98 Å². The number of carbonyl (C=O) groups is 1. The Hall–Kier alpha value is -1.80. The molecule has 132 valence electrons. The second kappa shape index (κ2) is 6.49. The zero-order chi connectivity index (χ0) is 17.4. The quantitative estimate of drug-likeness (QED) is 0.795. The summed E-state index contributed by atoms with van der Waals surface area (Å²) in [6.45, 7) is 0. The molecule has 0 aliphatic carbocycles. The number of thioether (sulfide) groups is 1. The van der Waals surface area contributed by atoms with Crippen LogP contribution in [-0.4, -0.2) is 30.8 Å². The molecule has 0 spiro atoms. The van der Waals surface area contributed by atoms with Crippen molar-refractivity contribution in [2.24, 2.45) is 5.92 Å². The van der Waals surface area contributed by atoms with Gasteiger partial charge in [0.2, 0.25) is 5.91 Å². The lowest BCUT2D eigenvalue weighted by atomic mass is 10.1. The van der Waals surface area contributed by atoms with E-state index in [2.05, 4.69) is 10.9 Å². The van der Waals surface area contributed by atoms with Crippen LogP contribution in [0.1, 0.15) is 24.1 Å². The van der Waals surface area contributed by atoms with Crippen molar-refractivity contribution in [1.29, 1.82) is 0 Å². The maximum absolute atomic E-state index is 12.2. The number of carbonyl (C=O) groups excluding carboxylic acids is 1. The number of nitrogens with zero attached hydrogens (tertiary/aromatic N) is 1. The molecule has 6 nitrogen and oxygen atoms in total. The van der Waals surface area contributed by atoms with Gasteiger partial charge < -0.3 is 0 Å². The fourth-order valence-electron chi connectivity index (χ4n) is 3.45. The smallest absolute Gasteiger partial charge is 0.238 e. The predicted molar refractivity (Wildman–Crippen MR) is 99.9 cm³/mol. The van der Waals surface area contributed by atoms with Gasteiger partial charge in [0, 0.05) is 28.9 Å². The molecule has 3 heterocycles. The Morgan fingerprint density at radius 2 is 2.12 bits per heavy atom. The number of benzene rings is 1. The van der Waals surface area contributed by atoms with Crippen molar-refractivity contribution < 1.29 is 13.2 Å². The highest BCUT2D eigenvalue weighted by Crippen LogP contribution is 2.37. The van der Waals surface area contributed by atoms with Crippen molar-refractivity contribution in [3.8, 4) is 0 Å². The molecule has 2 aromatic rings. The number of hydrogen-bond acceptors (Lipinski definition) is 6. The van der Waals surface area contributed by atoms with E-state index in [1.807, 2.05) is 24.3 Å². The Balaban J connectivity index is 1.50. The van der Waals surface area contributed by atoms with Crippen molar-refractivity contribution in [2.75, 3.05) is 16.9 Å². The molecule has 0 saturated carbocycles. The lowest BCUT2D eigenvalue weighted by Crippen LogP contribution is -2.31. The number of pyridine rings is 1. The normalized spacial score (nSPS) is 21.2. The van der Waals surface area contributed by atoms with E-state index in [9.17, 15) is 13.2 Å². The first-order chi connectivity index (χ1) is 12.0. The van der Waals surface area contributed by atoms with Gasteiger partial charge in [0.25, 0.3) is 0 Å². The van der Waals surface area contributed by atoms with Crippen LogP contribution >= 0.6 is 11.8 Å². The largest absolute Gasteiger partial charge is 0.298 e. The summed E-state index contributed by atoms with van der Waals surface area (Å²) in [7, 11) is -2.96. The summed E-state index contributed by atoms with van der Waals surface area (Å²) in [4.78, 5) is 16.9. The number of amides is 1. The monoisotopic (exact) mass is 377 g/mol. The first kappa shape index (κ1) is 16.7. The van der Waals surface area contributed by atoms with Crippen molar-refractivity contribution in [3.05, 3.63) is 35.5 Å². The second-order valence-electron chi connectivity index (χ2n) is 6.57. The second-order valence-corrected chi connectivity index (χ2v) is 9.78. The summed E-state index contributed by atoms with van der Waals surface area (Å²) in [6, 6.07) is 7.86. The topological polar surface area (TPSA) is 88.2 Å². The minimum absolute atomic E-state index is 0.0812. The third-order valence-corrected chi connectivity index (χ3v) is 7.50. The molecule has 1 fully saturated rings. The molecule has 8 heteroatoms. The highest BCUT2D eigenvalue weighted by molar-refractivity contribution is 7.98. The predicted octanol–water partition coefficient (Wildman–Crippen LogP) is 2.25. The molecular formula is C17H19N3O3S2. The van der Waals surface area contributed by atoms with Crippen LogP contribution in [0.4, 0.5) is 5.69 Å². The first-order valence-electron chi connectivity index (χ1n) is 8.25. The Labute approximate surface area is 150 Å². The molecule has 2 aliphatic rings. The van der Waals surface area contributed by atoms with E-state index >= 15 is 0 Å². The van der Waals surface area contributed by atoms with Gasteiger partial charge in [-0.15, -0.1) is 0 Å². The molecule has 0 bridgehead atoms. The van der Waals surface area contributed by atoms with Crippen LogP contribution in [0.3, 0.4) is 0 Å². The van der Waals surface area contributed by atoms with Crippen LogP contribution < -0.4 is 10.9 Å². The molecule has 1 atom stereocenters. The number of sulfone groups is 1. The Bertz CT molecular complexity index is 944. The molecule has 1 unspecified atom stereocenters. The van der Waals surface area contributed by atoms with E-state index < -0.39 is 9.84 Å². The molecule has 0 radical (unpaired) electrons. The third-order valence-electron chi connectivity index (χ3n) is 4.69. The molecule has 2 N–H and O–H groups in total. The van der Waals surface area contributed by atoms with Gasteiger partial charge in [-0.3, -0.25) is 20.6 Å². The molecular weight excluding hydrogens is 358 g/mol. The summed E-state index contributed by atoms with van der Waals surface area (Å²) in [5.74, 6) is 1.79. The molecule has 2 aliphatic heterocycles. The SMILES string of the molecule is O=C(CC1CCS(=O)(=O)C1)NNc1c2c(nc3ccccc13)CSC2. The third kappa shape index (κ3) is 3.46. The summed E-state index contributed by atoms with van der Waals surface area (Å²) in [5.41, 5.74) is 9.83. The molecule has 1 aromatic heterocycles. The van der Waals surface area contributed by atoms with Crippen molar-refractivity contribution >= 4 is 44.1 Å². The van der Waals surface area contributed by atoms with Gasteiger partial charge >= 0.3 is 0 Å². The maximum atomic E-state index is 12.2. The average molecular weight is 377 g/mol. The molecule has 25 heavy (non-hydrogen) atoms. The summed E-state index contributed by atoms with van der Waals surface area (Å²) in [6.07, 6.45) is 0.798. The molecule has 4 rings (SSSR count). The first-order valence-corrected chi connectivity index (χ1v) is 11.2. The number of fused-ring (bicyclic) bond motifs is 2. The van der Waals surface area contributed by atoms with Gasteiger partial charge in [0.1, 0.15) is 0 Å².